The molecule has 0 aliphatic heterocycles. The molecule has 39 heavy (non-hydrogen) atoms. The highest BCUT2D eigenvalue weighted by atomic mass is 32.1. The van der Waals surface area contributed by atoms with Crippen LogP contribution in [-0.4, -0.2) is 15.0 Å². The van der Waals surface area contributed by atoms with Crippen molar-refractivity contribution < 1.29 is 0 Å². The van der Waals surface area contributed by atoms with Crippen molar-refractivity contribution in [2.45, 2.75) is 0 Å². The quantitative estimate of drug-likeness (QED) is 0.220. The van der Waals surface area contributed by atoms with Crippen molar-refractivity contribution >= 4 is 53.2 Å². The highest BCUT2D eigenvalue weighted by molar-refractivity contribution is 7.26. The molecule has 0 spiro atoms. The minimum absolute atomic E-state index is 0.704. The van der Waals surface area contributed by atoms with Crippen LogP contribution in [0.2, 0.25) is 0 Å². The van der Waals surface area contributed by atoms with Crippen LogP contribution >= 0.6 is 11.3 Å². The number of hydrogen-bond donors (Lipinski definition) is 0. The second-order valence-electron chi connectivity index (χ2n) is 9.63. The van der Waals surface area contributed by atoms with Crippen molar-refractivity contribution in [3.05, 3.63) is 128 Å². The Kier molecular flexibility index (Phi) is 5.00. The summed E-state index contributed by atoms with van der Waals surface area (Å²) < 4.78 is 2.52. The van der Waals surface area contributed by atoms with Gasteiger partial charge in [-0.1, -0.05) is 109 Å². The molecule has 3 aromatic heterocycles. The van der Waals surface area contributed by atoms with Gasteiger partial charge >= 0.3 is 0 Å². The zero-order valence-electron chi connectivity index (χ0n) is 20.9. The third-order valence-electron chi connectivity index (χ3n) is 7.33. The molecule has 8 aromatic rings. The molecule has 0 bridgehead atoms. The number of aromatic nitrogens is 3. The summed E-state index contributed by atoms with van der Waals surface area (Å²) in [5.41, 5.74) is 5.72. The van der Waals surface area contributed by atoms with Crippen LogP contribution in [0.3, 0.4) is 0 Å². The van der Waals surface area contributed by atoms with Gasteiger partial charge in [0.2, 0.25) is 0 Å². The Balaban J connectivity index is 1.52. The lowest BCUT2D eigenvalue weighted by Gasteiger charge is -2.15. The monoisotopic (exact) mass is 515 g/mol. The number of thiophene rings is 1. The van der Waals surface area contributed by atoms with E-state index in [0.717, 1.165) is 44.4 Å². The fourth-order valence-corrected chi connectivity index (χ4v) is 6.77. The summed E-state index contributed by atoms with van der Waals surface area (Å²) >= 11 is 1.83. The van der Waals surface area contributed by atoms with Crippen molar-refractivity contribution in [1.29, 1.82) is 0 Å². The summed E-state index contributed by atoms with van der Waals surface area (Å²) in [7, 11) is 0. The number of nitrogens with zero attached hydrogens (tertiary/aromatic N) is 3. The predicted molar refractivity (Wildman–Crippen MR) is 164 cm³/mol. The smallest absolute Gasteiger partial charge is 0.159 e. The van der Waals surface area contributed by atoms with Gasteiger partial charge in [0.1, 0.15) is 0 Å². The summed E-state index contributed by atoms with van der Waals surface area (Å²) in [6, 6.07) is 42.1. The molecular weight excluding hydrogens is 494 g/mol. The van der Waals surface area contributed by atoms with E-state index in [1.807, 2.05) is 53.9 Å². The number of pyridine rings is 1. The first-order chi connectivity index (χ1) is 19.3. The molecule has 3 heterocycles. The molecule has 0 aliphatic rings. The average Bonchev–Trinajstić information content (AvgIpc) is 3.40. The molecule has 0 unspecified atom stereocenters. The largest absolute Gasteiger partial charge is 0.247 e. The van der Waals surface area contributed by atoms with Crippen molar-refractivity contribution in [1.82, 2.24) is 15.0 Å². The maximum absolute atomic E-state index is 5.31. The van der Waals surface area contributed by atoms with E-state index < -0.39 is 0 Å². The van der Waals surface area contributed by atoms with Gasteiger partial charge in [0, 0.05) is 53.8 Å². The second-order valence-corrected chi connectivity index (χ2v) is 10.7. The Bertz CT molecular complexity index is 2170. The second kappa shape index (κ2) is 8.83. The highest BCUT2D eigenvalue weighted by Crippen LogP contribution is 2.44. The molecule has 0 N–H and O–H groups in total. The Morgan fingerprint density at radius 3 is 1.97 bits per heavy atom. The molecule has 0 amide bonds. The van der Waals surface area contributed by atoms with Gasteiger partial charge in [-0.15, -0.1) is 11.3 Å². The number of para-hydroxylation sites is 1. The van der Waals surface area contributed by atoms with Crippen molar-refractivity contribution in [2.75, 3.05) is 0 Å². The van der Waals surface area contributed by atoms with Crippen LogP contribution < -0.4 is 0 Å². The molecule has 0 saturated carbocycles. The zero-order chi connectivity index (χ0) is 25.8. The van der Waals surface area contributed by atoms with Crippen LogP contribution in [0.5, 0.6) is 0 Å². The van der Waals surface area contributed by atoms with Crippen molar-refractivity contribution in [3.63, 3.8) is 0 Å². The summed E-state index contributed by atoms with van der Waals surface area (Å²) in [6.45, 7) is 0. The van der Waals surface area contributed by atoms with Crippen LogP contribution in [0.1, 0.15) is 0 Å². The van der Waals surface area contributed by atoms with Gasteiger partial charge in [0.15, 0.2) is 5.82 Å². The van der Waals surface area contributed by atoms with E-state index in [9.17, 15) is 0 Å². The lowest BCUT2D eigenvalue weighted by molar-refractivity contribution is 1.18. The summed E-state index contributed by atoms with van der Waals surface area (Å²) in [6.07, 6.45) is 1.96. The maximum atomic E-state index is 5.31. The van der Waals surface area contributed by atoms with E-state index in [4.69, 9.17) is 15.0 Å². The van der Waals surface area contributed by atoms with Gasteiger partial charge in [-0.25, -0.2) is 15.0 Å². The van der Waals surface area contributed by atoms with Crippen LogP contribution in [0, 0.1) is 0 Å². The Morgan fingerprint density at radius 1 is 0.487 bits per heavy atom. The molecule has 8 rings (SSSR count). The summed E-state index contributed by atoms with van der Waals surface area (Å²) in [5, 5.41) is 6.03. The number of fused-ring (bicyclic) bond motifs is 7. The van der Waals surface area contributed by atoms with Crippen LogP contribution in [0.4, 0.5) is 0 Å². The molecule has 4 heteroatoms. The lowest BCUT2D eigenvalue weighted by atomic mass is 9.96. The van der Waals surface area contributed by atoms with Crippen LogP contribution in [0.15, 0.2) is 128 Å². The Morgan fingerprint density at radius 2 is 1.15 bits per heavy atom. The van der Waals surface area contributed by atoms with E-state index in [1.54, 1.807) is 0 Å². The van der Waals surface area contributed by atoms with E-state index in [1.165, 1.54) is 25.6 Å². The highest BCUT2D eigenvalue weighted by Gasteiger charge is 2.20. The fourth-order valence-electron chi connectivity index (χ4n) is 5.52. The molecular formula is C35H21N3S. The van der Waals surface area contributed by atoms with Gasteiger partial charge in [-0.2, -0.15) is 0 Å². The third kappa shape index (κ3) is 3.53. The topological polar surface area (TPSA) is 38.7 Å². The first-order valence-corrected chi connectivity index (χ1v) is 13.8. The summed E-state index contributed by atoms with van der Waals surface area (Å²) in [4.78, 5) is 15.3. The standard InChI is InChI=1S/C35H21N3S/c1-3-11-22(12-4-1)32-28(21-36-35(38-32)23-13-5-2-6-14-23)33-31-26(24-15-7-9-17-29(24)37-33)19-20-27-25-16-8-10-18-30(25)39-34(27)31/h1-21H. The average molecular weight is 516 g/mol. The van der Waals surface area contributed by atoms with Gasteiger partial charge in [0.25, 0.3) is 0 Å². The van der Waals surface area contributed by atoms with Gasteiger partial charge < -0.3 is 0 Å². The van der Waals surface area contributed by atoms with Crippen LogP contribution in [0.25, 0.3) is 75.8 Å². The minimum atomic E-state index is 0.704. The minimum Gasteiger partial charge on any atom is -0.247 e. The maximum Gasteiger partial charge on any atom is 0.159 e. The van der Waals surface area contributed by atoms with E-state index in [-0.39, 0.29) is 0 Å². The number of benzene rings is 5. The predicted octanol–water partition coefficient (Wildman–Crippen LogP) is 9.55. The molecule has 0 saturated heterocycles. The normalized spacial score (nSPS) is 11.6. The van der Waals surface area contributed by atoms with Gasteiger partial charge in [-0.3, -0.25) is 0 Å². The van der Waals surface area contributed by atoms with E-state index >= 15 is 0 Å². The SMILES string of the molecule is c1ccc(-c2ncc(-c3nc4ccccc4c4ccc5c6ccccc6sc5c34)c(-c3ccccc3)n2)cc1. The Hall–Kier alpha value is -4.93. The van der Waals surface area contributed by atoms with E-state index in [0.29, 0.717) is 5.82 Å². The molecule has 0 radical (unpaired) electrons. The molecule has 182 valence electrons. The van der Waals surface area contributed by atoms with Gasteiger partial charge in [-0.05, 0) is 17.5 Å². The summed E-state index contributed by atoms with van der Waals surface area (Å²) in [5.74, 6) is 0.704. The first-order valence-electron chi connectivity index (χ1n) is 13.0. The molecule has 0 aliphatic carbocycles. The first kappa shape index (κ1) is 22.1. The molecule has 0 atom stereocenters. The van der Waals surface area contributed by atoms with Crippen LogP contribution in [-0.2, 0) is 0 Å². The Labute approximate surface area is 229 Å². The van der Waals surface area contributed by atoms with Crippen molar-refractivity contribution in [3.8, 4) is 33.9 Å². The molecule has 0 fully saturated rings. The zero-order valence-corrected chi connectivity index (χ0v) is 21.7. The van der Waals surface area contributed by atoms with Gasteiger partial charge in [0.05, 0.1) is 16.9 Å². The molecule has 3 nitrogen and oxygen atoms in total. The number of rotatable bonds is 3. The third-order valence-corrected chi connectivity index (χ3v) is 8.54. The van der Waals surface area contributed by atoms with E-state index in [2.05, 4.69) is 84.9 Å². The number of hydrogen-bond acceptors (Lipinski definition) is 4. The fraction of sp³-hybridized carbons (Fsp3) is 0. The molecule has 5 aromatic carbocycles. The lowest BCUT2D eigenvalue weighted by Crippen LogP contribution is -1.98. The van der Waals surface area contributed by atoms with Crippen molar-refractivity contribution in [2.24, 2.45) is 0 Å².